The first-order chi connectivity index (χ1) is 20.1. The van der Waals surface area contributed by atoms with Crippen LogP contribution in [0, 0.1) is 0 Å². The van der Waals surface area contributed by atoms with E-state index in [9.17, 15) is 9.59 Å². The number of nitrogens with one attached hydrogen (secondary N) is 2. The molecule has 0 atom stereocenters. The SMILES string of the molecule is COc1ccc(C(C)(C)C)cc1NC(=O)Nc1ccc(-c2ccc(CN3CCN(C(C)=O)CC3)nc2)c2ccccc12. The van der Waals surface area contributed by atoms with Crippen LogP contribution in [0.3, 0.4) is 0 Å². The summed E-state index contributed by atoms with van der Waals surface area (Å²) in [5.41, 5.74) is 5.43. The van der Waals surface area contributed by atoms with Gasteiger partial charge in [-0.2, -0.15) is 0 Å². The molecule has 0 bridgehead atoms. The molecule has 2 N–H and O–H groups in total. The third-order valence-electron chi connectivity index (χ3n) is 7.82. The highest BCUT2D eigenvalue weighted by Crippen LogP contribution is 2.34. The van der Waals surface area contributed by atoms with Crippen LogP contribution in [0.15, 0.2) is 72.9 Å². The summed E-state index contributed by atoms with van der Waals surface area (Å²) in [4.78, 5) is 33.7. The van der Waals surface area contributed by atoms with Gasteiger partial charge in [0.05, 0.1) is 24.2 Å². The van der Waals surface area contributed by atoms with Gasteiger partial charge in [0.2, 0.25) is 5.91 Å². The molecule has 3 amide bonds. The second-order valence-corrected chi connectivity index (χ2v) is 11.8. The molecular weight excluding hydrogens is 526 g/mol. The molecule has 1 aromatic heterocycles. The fourth-order valence-corrected chi connectivity index (χ4v) is 5.34. The topological polar surface area (TPSA) is 86.8 Å². The molecule has 1 fully saturated rings. The highest BCUT2D eigenvalue weighted by atomic mass is 16.5. The summed E-state index contributed by atoms with van der Waals surface area (Å²) in [6.45, 7) is 12.0. The van der Waals surface area contributed by atoms with E-state index in [2.05, 4.69) is 54.5 Å². The number of methoxy groups -OCH3 is 1. The normalized spacial score (nSPS) is 14.1. The number of fused-ring (bicyclic) bond motifs is 1. The maximum atomic E-state index is 13.2. The van der Waals surface area contributed by atoms with E-state index < -0.39 is 0 Å². The monoisotopic (exact) mass is 565 g/mol. The number of aromatic nitrogens is 1. The van der Waals surface area contributed by atoms with Crippen molar-refractivity contribution >= 4 is 34.1 Å². The van der Waals surface area contributed by atoms with Crippen molar-refractivity contribution in [1.29, 1.82) is 0 Å². The van der Waals surface area contributed by atoms with Gasteiger partial charge in [-0.25, -0.2) is 4.79 Å². The largest absolute Gasteiger partial charge is 0.495 e. The van der Waals surface area contributed by atoms with Crippen LogP contribution in [-0.2, 0) is 16.8 Å². The highest BCUT2D eigenvalue weighted by molar-refractivity contribution is 6.10. The number of ether oxygens (including phenoxy) is 1. The van der Waals surface area contributed by atoms with Gasteiger partial charge in [0, 0.05) is 56.8 Å². The molecule has 2 heterocycles. The number of amides is 3. The molecule has 0 aliphatic carbocycles. The lowest BCUT2D eigenvalue weighted by Crippen LogP contribution is -2.47. The molecule has 0 saturated carbocycles. The van der Waals surface area contributed by atoms with Gasteiger partial charge in [0.15, 0.2) is 0 Å². The molecule has 4 aromatic rings. The zero-order valence-electron chi connectivity index (χ0n) is 25.0. The van der Waals surface area contributed by atoms with Crippen LogP contribution < -0.4 is 15.4 Å². The Balaban J connectivity index is 1.32. The van der Waals surface area contributed by atoms with E-state index in [1.54, 1.807) is 14.0 Å². The summed E-state index contributed by atoms with van der Waals surface area (Å²) in [7, 11) is 1.60. The van der Waals surface area contributed by atoms with Crippen LogP contribution in [0.2, 0.25) is 0 Å². The van der Waals surface area contributed by atoms with Crippen LogP contribution in [0.5, 0.6) is 5.75 Å². The van der Waals surface area contributed by atoms with Gasteiger partial charge < -0.3 is 20.3 Å². The molecule has 3 aromatic carbocycles. The van der Waals surface area contributed by atoms with E-state index in [1.165, 1.54) is 0 Å². The highest BCUT2D eigenvalue weighted by Gasteiger charge is 2.20. The Morgan fingerprint density at radius 2 is 1.60 bits per heavy atom. The number of urea groups is 1. The lowest BCUT2D eigenvalue weighted by atomic mass is 9.87. The van der Waals surface area contributed by atoms with Crippen molar-refractivity contribution in [2.75, 3.05) is 43.9 Å². The second kappa shape index (κ2) is 12.2. The van der Waals surface area contributed by atoms with Crippen molar-refractivity contribution < 1.29 is 14.3 Å². The van der Waals surface area contributed by atoms with Crippen molar-refractivity contribution in [2.45, 2.75) is 39.7 Å². The zero-order chi connectivity index (χ0) is 29.9. The summed E-state index contributed by atoms with van der Waals surface area (Å²) >= 11 is 0. The van der Waals surface area contributed by atoms with Crippen LogP contribution in [0.25, 0.3) is 21.9 Å². The molecule has 1 saturated heterocycles. The Labute approximate surface area is 247 Å². The average molecular weight is 566 g/mol. The molecule has 5 rings (SSSR count). The number of pyridine rings is 1. The molecule has 0 spiro atoms. The Kier molecular flexibility index (Phi) is 8.45. The number of carbonyl (C=O) groups is 2. The van der Waals surface area contributed by atoms with Gasteiger partial charge in [0.25, 0.3) is 0 Å². The molecule has 8 nitrogen and oxygen atoms in total. The van der Waals surface area contributed by atoms with E-state index in [0.717, 1.165) is 65.9 Å². The summed E-state index contributed by atoms with van der Waals surface area (Å²) in [5.74, 6) is 0.741. The predicted molar refractivity (Wildman–Crippen MR) is 169 cm³/mol. The first kappa shape index (κ1) is 29.1. The van der Waals surface area contributed by atoms with Crippen molar-refractivity contribution in [3.63, 3.8) is 0 Å². The first-order valence-corrected chi connectivity index (χ1v) is 14.3. The van der Waals surface area contributed by atoms with Crippen LogP contribution in [0.4, 0.5) is 16.2 Å². The standard InChI is InChI=1S/C34H39N5O3/c1-23(40)39-18-16-38(17-19-39)22-26-12-10-24(21-35-26)27-13-14-30(29-9-7-6-8-28(27)29)36-33(41)37-31-20-25(34(2,3)4)11-15-32(31)42-5/h6-15,20-21H,16-19,22H2,1-5H3,(H2,36,37,41). The maximum Gasteiger partial charge on any atom is 0.323 e. The molecule has 1 aliphatic rings. The van der Waals surface area contributed by atoms with E-state index in [0.29, 0.717) is 17.1 Å². The van der Waals surface area contributed by atoms with E-state index >= 15 is 0 Å². The molecular formula is C34H39N5O3. The Hall–Kier alpha value is -4.43. The fourth-order valence-electron chi connectivity index (χ4n) is 5.34. The van der Waals surface area contributed by atoms with Crippen LogP contribution in [0.1, 0.15) is 39.0 Å². The Morgan fingerprint density at radius 3 is 2.24 bits per heavy atom. The van der Waals surface area contributed by atoms with E-state index in [4.69, 9.17) is 9.72 Å². The number of rotatable bonds is 6. The Bertz CT molecular complexity index is 1590. The molecule has 218 valence electrons. The van der Waals surface area contributed by atoms with Gasteiger partial charge in [-0.15, -0.1) is 0 Å². The van der Waals surface area contributed by atoms with Gasteiger partial charge in [-0.1, -0.05) is 63.2 Å². The van der Waals surface area contributed by atoms with Gasteiger partial charge >= 0.3 is 6.03 Å². The predicted octanol–water partition coefficient (Wildman–Crippen LogP) is 6.52. The minimum absolute atomic E-state index is 0.0654. The smallest absolute Gasteiger partial charge is 0.323 e. The quantitative estimate of drug-likeness (QED) is 0.278. The fraction of sp³-hybridized carbons (Fsp3) is 0.324. The van der Waals surface area contributed by atoms with E-state index in [-0.39, 0.29) is 17.4 Å². The van der Waals surface area contributed by atoms with E-state index in [1.807, 2.05) is 59.6 Å². The zero-order valence-corrected chi connectivity index (χ0v) is 25.0. The summed E-state index contributed by atoms with van der Waals surface area (Å²) in [5, 5.41) is 7.97. The van der Waals surface area contributed by atoms with Crippen molar-refractivity contribution in [1.82, 2.24) is 14.8 Å². The Morgan fingerprint density at radius 1 is 0.881 bits per heavy atom. The van der Waals surface area contributed by atoms with Crippen LogP contribution >= 0.6 is 0 Å². The van der Waals surface area contributed by atoms with Crippen molar-refractivity contribution in [3.8, 4) is 16.9 Å². The van der Waals surface area contributed by atoms with Crippen molar-refractivity contribution in [3.05, 3.63) is 84.2 Å². The van der Waals surface area contributed by atoms with Gasteiger partial charge in [-0.3, -0.25) is 14.7 Å². The number of hydrogen-bond acceptors (Lipinski definition) is 5. The molecule has 0 radical (unpaired) electrons. The minimum atomic E-state index is -0.340. The number of nitrogens with zero attached hydrogens (tertiary/aromatic N) is 3. The average Bonchev–Trinajstić information content (AvgIpc) is 2.97. The number of benzene rings is 3. The lowest BCUT2D eigenvalue weighted by molar-refractivity contribution is -0.130. The molecule has 1 aliphatic heterocycles. The number of hydrogen-bond donors (Lipinski definition) is 2. The van der Waals surface area contributed by atoms with Gasteiger partial charge in [0.1, 0.15) is 5.75 Å². The maximum absolute atomic E-state index is 13.2. The molecule has 42 heavy (non-hydrogen) atoms. The number of anilines is 2. The summed E-state index contributed by atoms with van der Waals surface area (Å²) in [6, 6.07) is 21.7. The minimum Gasteiger partial charge on any atom is -0.495 e. The third kappa shape index (κ3) is 6.55. The first-order valence-electron chi connectivity index (χ1n) is 14.3. The molecule has 8 heteroatoms. The second-order valence-electron chi connectivity index (χ2n) is 11.8. The molecule has 0 unspecified atom stereocenters. The summed E-state index contributed by atoms with van der Waals surface area (Å²) < 4.78 is 5.50. The van der Waals surface area contributed by atoms with Crippen molar-refractivity contribution in [2.24, 2.45) is 0 Å². The lowest BCUT2D eigenvalue weighted by Gasteiger charge is -2.33. The van der Waals surface area contributed by atoms with Crippen LogP contribution in [-0.4, -0.2) is 60.0 Å². The third-order valence-corrected chi connectivity index (χ3v) is 7.82. The number of piperazine rings is 1. The number of carbonyl (C=O) groups excluding carboxylic acids is 2. The van der Waals surface area contributed by atoms with Gasteiger partial charge in [-0.05, 0) is 46.2 Å². The summed E-state index contributed by atoms with van der Waals surface area (Å²) in [6.07, 6.45) is 1.91.